The SMILES string of the molecule is CCOc1ncccc1C(=O)N1CCN(C2CCN(Cc3c(C)noc3C)CC2)C(=O)C1. The second-order valence-electron chi connectivity index (χ2n) is 8.41. The van der Waals surface area contributed by atoms with Crippen LogP contribution >= 0.6 is 0 Å². The molecule has 2 aliphatic heterocycles. The molecule has 2 aromatic rings. The number of piperidine rings is 1. The van der Waals surface area contributed by atoms with E-state index < -0.39 is 0 Å². The van der Waals surface area contributed by atoms with E-state index in [4.69, 9.17) is 9.26 Å². The number of hydrogen-bond acceptors (Lipinski definition) is 7. The smallest absolute Gasteiger partial charge is 0.259 e. The second kappa shape index (κ2) is 9.68. The fourth-order valence-corrected chi connectivity index (χ4v) is 4.56. The number of likely N-dealkylation sites (tertiary alicyclic amines) is 1. The van der Waals surface area contributed by atoms with Gasteiger partial charge in [0.2, 0.25) is 11.8 Å². The minimum absolute atomic E-state index is 0.00984. The van der Waals surface area contributed by atoms with Gasteiger partial charge in [-0.3, -0.25) is 14.5 Å². The number of hydrogen-bond donors (Lipinski definition) is 0. The van der Waals surface area contributed by atoms with Gasteiger partial charge in [-0.1, -0.05) is 5.16 Å². The van der Waals surface area contributed by atoms with Crippen LogP contribution in [0.2, 0.25) is 0 Å². The van der Waals surface area contributed by atoms with Gasteiger partial charge in [-0.25, -0.2) is 4.98 Å². The van der Waals surface area contributed by atoms with Crippen LogP contribution in [0.1, 0.15) is 47.1 Å². The molecule has 0 spiro atoms. The molecule has 0 aliphatic carbocycles. The molecule has 4 rings (SSSR count). The van der Waals surface area contributed by atoms with Crippen molar-refractivity contribution in [2.75, 3.05) is 39.3 Å². The van der Waals surface area contributed by atoms with Crippen LogP contribution in [0.5, 0.6) is 5.88 Å². The topological polar surface area (TPSA) is 92.0 Å². The highest BCUT2D eigenvalue weighted by molar-refractivity contribution is 5.98. The molecular formula is C23H31N5O4. The predicted octanol–water partition coefficient (Wildman–Crippen LogP) is 2.03. The van der Waals surface area contributed by atoms with Crippen LogP contribution in [0.3, 0.4) is 0 Å². The average molecular weight is 442 g/mol. The van der Waals surface area contributed by atoms with Gasteiger partial charge in [-0.2, -0.15) is 0 Å². The summed E-state index contributed by atoms with van der Waals surface area (Å²) in [7, 11) is 0. The van der Waals surface area contributed by atoms with Crippen LogP contribution < -0.4 is 4.74 Å². The number of pyridine rings is 1. The van der Waals surface area contributed by atoms with E-state index in [0.717, 1.165) is 49.5 Å². The molecule has 0 aromatic carbocycles. The fourth-order valence-electron chi connectivity index (χ4n) is 4.56. The molecule has 2 amide bonds. The first kappa shape index (κ1) is 22.3. The highest BCUT2D eigenvalue weighted by Crippen LogP contribution is 2.24. The molecule has 32 heavy (non-hydrogen) atoms. The lowest BCUT2D eigenvalue weighted by Crippen LogP contribution is -2.57. The molecule has 0 N–H and O–H groups in total. The second-order valence-corrected chi connectivity index (χ2v) is 8.41. The van der Waals surface area contributed by atoms with Gasteiger partial charge in [-0.15, -0.1) is 0 Å². The van der Waals surface area contributed by atoms with Crippen LogP contribution in [-0.4, -0.2) is 82.0 Å². The Morgan fingerprint density at radius 3 is 2.66 bits per heavy atom. The highest BCUT2D eigenvalue weighted by Gasteiger charge is 2.34. The van der Waals surface area contributed by atoms with Crippen LogP contribution in [0.15, 0.2) is 22.9 Å². The molecule has 0 saturated carbocycles. The summed E-state index contributed by atoms with van der Waals surface area (Å²) < 4.78 is 10.8. The van der Waals surface area contributed by atoms with Gasteiger partial charge in [0, 0.05) is 50.5 Å². The Balaban J connectivity index is 1.32. The quantitative estimate of drug-likeness (QED) is 0.677. The predicted molar refractivity (Wildman–Crippen MR) is 117 cm³/mol. The lowest BCUT2D eigenvalue weighted by Gasteiger charge is -2.42. The summed E-state index contributed by atoms with van der Waals surface area (Å²) in [4.78, 5) is 36.0. The molecule has 0 radical (unpaired) electrons. The lowest BCUT2D eigenvalue weighted by molar-refractivity contribution is -0.138. The minimum atomic E-state index is -0.205. The summed E-state index contributed by atoms with van der Waals surface area (Å²) in [6, 6.07) is 3.63. The average Bonchev–Trinajstić information content (AvgIpc) is 3.12. The molecule has 2 aliphatic rings. The van der Waals surface area contributed by atoms with Gasteiger partial charge < -0.3 is 19.1 Å². The van der Waals surface area contributed by atoms with Crippen molar-refractivity contribution >= 4 is 11.8 Å². The van der Waals surface area contributed by atoms with E-state index in [2.05, 4.69) is 15.0 Å². The summed E-state index contributed by atoms with van der Waals surface area (Å²) in [5.41, 5.74) is 2.51. The monoisotopic (exact) mass is 441 g/mol. The van der Waals surface area contributed by atoms with Gasteiger partial charge in [-0.05, 0) is 45.7 Å². The van der Waals surface area contributed by atoms with Gasteiger partial charge in [0.05, 0.1) is 12.3 Å². The van der Waals surface area contributed by atoms with E-state index in [-0.39, 0.29) is 24.4 Å². The highest BCUT2D eigenvalue weighted by atomic mass is 16.5. The first-order valence-electron chi connectivity index (χ1n) is 11.3. The minimum Gasteiger partial charge on any atom is -0.477 e. The molecule has 4 heterocycles. The molecular weight excluding hydrogens is 410 g/mol. The first-order valence-corrected chi connectivity index (χ1v) is 11.3. The summed E-state index contributed by atoms with van der Waals surface area (Å²) >= 11 is 0. The van der Waals surface area contributed by atoms with Crippen LogP contribution in [-0.2, 0) is 11.3 Å². The van der Waals surface area contributed by atoms with Crippen molar-refractivity contribution in [3.8, 4) is 5.88 Å². The maximum absolute atomic E-state index is 13.0. The zero-order valence-electron chi connectivity index (χ0n) is 19.0. The Hall–Kier alpha value is -2.94. The Labute approximate surface area is 188 Å². The van der Waals surface area contributed by atoms with Crippen molar-refractivity contribution in [2.24, 2.45) is 0 Å². The van der Waals surface area contributed by atoms with Gasteiger partial charge >= 0.3 is 0 Å². The maximum atomic E-state index is 13.0. The van der Waals surface area contributed by atoms with E-state index >= 15 is 0 Å². The number of aromatic nitrogens is 2. The van der Waals surface area contributed by atoms with Crippen molar-refractivity contribution in [1.82, 2.24) is 24.8 Å². The Morgan fingerprint density at radius 1 is 1.22 bits per heavy atom. The van der Waals surface area contributed by atoms with Crippen molar-refractivity contribution in [3.63, 3.8) is 0 Å². The van der Waals surface area contributed by atoms with E-state index in [9.17, 15) is 9.59 Å². The van der Waals surface area contributed by atoms with Crippen molar-refractivity contribution in [3.05, 3.63) is 40.9 Å². The van der Waals surface area contributed by atoms with Gasteiger partial charge in [0.15, 0.2) is 0 Å². The molecule has 2 aromatic heterocycles. The third kappa shape index (κ3) is 4.62. The number of carbonyl (C=O) groups is 2. The summed E-state index contributed by atoms with van der Waals surface area (Å²) in [5, 5.41) is 4.04. The normalized spacial score (nSPS) is 18.3. The largest absolute Gasteiger partial charge is 0.477 e. The molecule has 0 bridgehead atoms. The van der Waals surface area contributed by atoms with E-state index in [0.29, 0.717) is 31.1 Å². The zero-order valence-corrected chi connectivity index (χ0v) is 19.0. The number of ether oxygens (including phenoxy) is 1. The fraction of sp³-hybridized carbons (Fsp3) is 0.565. The standard InChI is InChI=1S/C23H31N5O4/c1-4-31-22-19(6-5-9-24-22)23(30)27-12-13-28(21(29)15-27)18-7-10-26(11-8-18)14-20-16(2)25-32-17(20)3/h5-6,9,18H,4,7-8,10-15H2,1-3H3. The lowest BCUT2D eigenvalue weighted by atomic mass is 10.0. The van der Waals surface area contributed by atoms with Crippen LogP contribution in [0, 0.1) is 13.8 Å². The van der Waals surface area contributed by atoms with Crippen molar-refractivity contribution in [2.45, 2.75) is 46.2 Å². The zero-order chi connectivity index (χ0) is 22.7. The van der Waals surface area contributed by atoms with E-state index in [1.54, 1.807) is 23.2 Å². The Kier molecular flexibility index (Phi) is 6.74. The Morgan fingerprint density at radius 2 is 2.00 bits per heavy atom. The number of amides is 2. The molecule has 9 heteroatoms. The third-order valence-electron chi connectivity index (χ3n) is 6.39. The maximum Gasteiger partial charge on any atom is 0.259 e. The van der Waals surface area contributed by atoms with Crippen molar-refractivity contribution < 1.29 is 18.8 Å². The van der Waals surface area contributed by atoms with Gasteiger partial charge in [0.1, 0.15) is 17.9 Å². The Bertz CT molecular complexity index is 948. The summed E-state index contributed by atoms with van der Waals surface area (Å²) in [5.74, 6) is 1.00. The van der Waals surface area contributed by atoms with Crippen molar-refractivity contribution in [1.29, 1.82) is 0 Å². The molecule has 0 unspecified atom stereocenters. The van der Waals surface area contributed by atoms with Gasteiger partial charge in [0.25, 0.3) is 5.91 Å². The first-order chi connectivity index (χ1) is 15.5. The molecule has 0 atom stereocenters. The molecule has 9 nitrogen and oxygen atoms in total. The number of aryl methyl sites for hydroxylation is 2. The number of piperazine rings is 1. The number of nitrogens with zero attached hydrogens (tertiary/aromatic N) is 5. The molecule has 172 valence electrons. The summed E-state index contributed by atoms with van der Waals surface area (Å²) in [6.45, 7) is 10.1. The van der Waals surface area contributed by atoms with Crippen LogP contribution in [0.25, 0.3) is 0 Å². The van der Waals surface area contributed by atoms with Crippen LogP contribution in [0.4, 0.5) is 0 Å². The van der Waals surface area contributed by atoms with E-state index in [1.807, 2.05) is 25.7 Å². The molecule has 2 saturated heterocycles. The number of rotatable bonds is 6. The molecule has 2 fully saturated rings. The third-order valence-corrected chi connectivity index (χ3v) is 6.39. The van der Waals surface area contributed by atoms with E-state index in [1.165, 1.54) is 0 Å². The number of carbonyl (C=O) groups excluding carboxylic acids is 2. The summed E-state index contributed by atoms with van der Waals surface area (Å²) in [6.07, 6.45) is 3.46.